The third-order valence-electron chi connectivity index (χ3n) is 1.50. The van der Waals surface area contributed by atoms with Crippen molar-refractivity contribution < 1.29 is 13.6 Å². The molecular formula is C8H4Br2F2O. The van der Waals surface area contributed by atoms with Crippen LogP contribution in [0.15, 0.2) is 12.1 Å². The molecule has 0 bridgehead atoms. The maximum Gasteiger partial charge on any atom is 0.228 e. The number of alkyl halides is 1. The molecule has 0 spiro atoms. The van der Waals surface area contributed by atoms with Crippen molar-refractivity contribution >= 4 is 36.6 Å². The van der Waals surface area contributed by atoms with E-state index in [9.17, 15) is 13.6 Å². The van der Waals surface area contributed by atoms with Gasteiger partial charge in [0.05, 0.1) is 0 Å². The second-order valence-electron chi connectivity index (χ2n) is 2.33. The molecule has 0 aromatic heterocycles. The zero-order chi connectivity index (χ0) is 10.0. The first kappa shape index (κ1) is 10.8. The van der Waals surface area contributed by atoms with Gasteiger partial charge in [0.25, 0.3) is 0 Å². The molecule has 0 radical (unpaired) electrons. The van der Waals surface area contributed by atoms with Crippen LogP contribution in [0.4, 0.5) is 8.78 Å². The summed E-state index contributed by atoms with van der Waals surface area (Å²) in [4.78, 5) is 10.9. The van der Waals surface area contributed by atoms with Crippen molar-refractivity contribution in [3.8, 4) is 0 Å². The molecule has 1 aromatic rings. The Morgan fingerprint density at radius 1 is 1.31 bits per heavy atom. The lowest BCUT2D eigenvalue weighted by atomic mass is 10.1. The highest BCUT2D eigenvalue weighted by molar-refractivity contribution is 9.18. The Morgan fingerprint density at radius 2 is 1.85 bits per heavy atom. The first-order valence-corrected chi connectivity index (χ1v) is 5.21. The zero-order valence-corrected chi connectivity index (χ0v) is 9.45. The van der Waals surface area contributed by atoms with Crippen molar-refractivity contribution in [3.05, 3.63) is 34.9 Å². The van der Waals surface area contributed by atoms with E-state index < -0.39 is 16.3 Å². The van der Waals surface area contributed by atoms with Crippen LogP contribution in [0.25, 0.3) is 0 Å². The molecule has 0 atom stereocenters. The summed E-state index contributed by atoms with van der Waals surface area (Å²) in [6.45, 7) is 0. The SMILES string of the molecule is O=C(Br)c1cc(F)c(F)cc1CBr. The van der Waals surface area contributed by atoms with E-state index in [2.05, 4.69) is 31.9 Å². The highest BCUT2D eigenvalue weighted by atomic mass is 79.9. The van der Waals surface area contributed by atoms with Crippen molar-refractivity contribution in [3.63, 3.8) is 0 Å². The summed E-state index contributed by atoms with van der Waals surface area (Å²) in [5.41, 5.74) is 0.552. The van der Waals surface area contributed by atoms with Gasteiger partial charge in [0.15, 0.2) is 11.6 Å². The third kappa shape index (κ3) is 2.34. The van der Waals surface area contributed by atoms with Gasteiger partial charge in [0.1, 0.15) is 0 Å². The summed E-state index contributed by atoms with van der Waals surface area (Å²) in [6.07, 6.45) is 0. The quantitative estimate of drug-likeness (QED) is 0.604. The lowest BCUT2D eigenvalue weighted by Gasteiger charge is -2.03. The van der Waals surface area contributed by atoms with E-state index in [4.69, 9.17) is 0 Å². The van der Waals surface area contributed by atoms with Gasteiger partial charge in [0.2, 0.25) is 4.69 Å². The molecule has 1 nitrogen and oxygen atoms in total. The number of hydrogen-bond donors (Lipinski definition) is 0. The maximum absolute atomic E-state index is 12.7. The monoisotopic (exact) mass is 312 g/mol. The molecule has 0 N–H and O–H groups in total. The fraction of sp³-hybridized carbons (Fsp3) is 0.125. The first-order chi connectivity index (χ1) is 6.06. The van der Waals surface area contributed by atoms with Crippen LogP contribution < -0.4 is 0 Å². The molecular weight excluding hydrogens is 310 g/mol. The molecule has 0 unspecified atom stereocenters. The van der Waals surface area contributed by atoms with Gasteiger partial charge in [-0.25, -0.2) is 8.78 Å². The fourth-order valence-corrected chi connectivity index (χ4v) is 1.71. The van der Waals surface area contributed by atoms with E-state index in [-0.39, 0.29) is 5.56 Å². The fourth-order valence-electron chi connectivity index (χ4n) is 0.882. The summed E-state index contributed by atoms with van der Waals surface area (Å²) in [5, 5.41) is 0.302. The normalized spacial score (nSPS) is 10.2. The minimum absolute atomic E-state index is 0.135. The van der Waals surface area contributed by atoms with Crippen molar-refractivity contribution in [1.82, 2.24) is 0 Å². The summed E-state index contributed by atoms with van der Waals surface area (Å²) in [5.74, 6) is -1.97. The van der Waals surface area contributed by atoms with E-state index in [1.165, 1.54) is 0 Å². The average Bonchev–Trinajstić information content (AvgIpc) is 2.08. The van der Waals surface area contributed by atoms with Crippen molar-refractivity contribution in [1.29, 1.82) is 0 Å². The molecule has 0 heterocycles. The Bertz CT molecular complexity index is 352. The highest BCUT2D eigenvalue weighted by Crippen LogP contribution is 2.19. The number of hydrogen-bond acceptors (Lipinski definition) is 1. The van der Waals surface area contributed by atoms with E-state index in [0.29, 0.717) is 10.9 Å². The van der Waals surface area contributed by atoms with Crippen LogP contribution in [-0.4, -0.2) is 4.69 Å². The van der Waals surface area contributed by atoms with E-state index >= 15 is 0 Å². The van der Waals surface area contributed by atoms with Crippen molar-refractivity contribution in [2.45, 2.75) is 5.33 Å². The molecule has 0 aliphatic carbocycles. The summed E-state index contributed by atoms with van der Waals surface area (Å²) in [6, 6.07) is 1.88. The standard InChI is InChI=1S/C8H4Br2F2O/c9-3-4-1-6(11)7(12)2-5(4)8(10)13/h1-2H,3H2. The Balaban J connectivity index is 3.33. The van der Waals surface area contributed by atoms with Crippen LogP contribution >= 0.6 is 31.9 Å². The highest BCUT2D eigenvalue weighted by Gasteiger charge is 2.12. The Labute approximate surface area is 90.4 Å². The molecule has 1 aromatic carbocycles. The molecule has 0 amide bonds. The molecule has 0 aliphatic heterocycles. The molecule has 13 heavy (non-hydrogen) atoms. The van der Waals surface area contributed by atoms with Crippen LogP contribution in [0, 0.1) is 11.6 Å². The topological polar surface area (TPSA) is 17.1 Å². The molecule has 0 saturated heterocycles. The number of carbonyl (C=O) groups is 1. The minimum Gasteiger partial charge on any atom is -0.281 e. The van der Waals surface area contributed by atoms with Crippen LogP contribution in [0.5, 0.6) is 0 Å². The van der Waals surface area contributed by atoms with Gasteiger partial charge in [0, 0.05) is 10.9 Å². The molecule has 0 fully saturated rings. The largest absolute Gasteiger partial charge is 0.281 e. The number of carbonyl (C=O) groups excluding carboxylic acids is 1. The average molecular weight is 314 g/mol. The second kappa shape index (κ2) is 4.28. The van der Waals surface area contributed by atoms with E-state index in [1.807, 2.05) is 0 Å². The third-order valence-corrected chi connectivity index (χ3v) is 2.53. The van der Waals surface area contributed by atoms with Gasteiger partial charge >= 0.3 is 0 Å². The van der Waals surface area contributed by atoms with E-state index in [1.54, 1.807) is 0 Å². The van der Waals surface area contributed by atoms with Gasteiger partial charge in [-0.05, 0) is 33.6 Å². The maximum atomic E-state index is 12.7. The molecule has 0 aliphatic rings. The summed E-state index contributed by atoms with van der Waals surface area (Å²) >= 11 is 5.76. The number of halogens is 4. The lowest BCUT2D eigenvalue weighted by Crippen LogP contribution is -1.98. The second-order valence-corrected chi connectivity index (χ2v) is 3.61. The van der Waals surface area contributed by atoms with Gasteiger partial charge in [-0.15, -0.1) is 0 Å². The van der Waals surface area contributed by atoms with Gasteiger partial charge in [-0.3, -0.25) is 4.79 Å². The Morgan fingerprint density at radius 3 is 2.31 bits per heavy atom. The lowest BCUT2D eigenvalue weighted by molar-refractivity contribution is 0.109. The smallest absolute Gasteiger partial charge is 0.228 e. The van der Waals surface area contributed by atoms with E-state index in [0.717, 1.165) is 12.1 Å². The molecule has 5 heteroatoms. The predicted octanol–water partition coefficient (Wildman–Crippen LogP) is 3.39. The van der Waals surface area contributed by atoms with Gasteiger partial charge < -0.3 is 0 Å². The minimum atomic E-state index is -1.02. The van der Waals surface area contributed by atoms with Gasteiger partial charge in [-0.1, -0.05) is 15.9 Å². The number of benzene rings is 1. The Kier molecular flexibility index (Phi) is 3.55. The van der Waals surface area contributed by atoms with Gasteiger partial charge in [-0.2, -0.15) is 0 Å². The van der Waals surface area contributed by atoms with Crippen molar-refractivity contribution in [2.75, 3.05) is 0 Å². The first-order valence-electron chi connectivity index (χ1n) is 3.30. The Hall–Kier alpha value is -0.290. The van der Waals surface area contributed by atoms with Crippen LogP contribution in [0.1, 0.15) is 15.9 Å². The van der Waals surface area contributed by atoms with Crippen LogP contribution in [0.2, 0.25) is 0 Å². The molecule has 70 valence electrons. The molecule has 1 rings (SSSR count). The van der Waals surface area contributed by atoms with Crippen LogP contribution in [0.3, 0.4) is 0 Å². The van der Waals surface area contributed by atoms with Crippen molar-refractivity contribution in [2.24, 2.45) is 0 Å². The van der Waals surface area contributed by atoms with Crippen LogP contribution in [-0.2, 0) is 5.33 Å². The summed E-state index contributed by atoms with van der Waals surface area (Å²) < 4.78 is 24.9. The zero-order valence-electron chi connectivity index (χ0n) is 6.28. The summed E-state index contributed by atoms with van der Waals surface area (Å²) in [7, 11) is 0. The predicted molar refractivity (Wildman–Crippen MR) is 52.2 cm³/mol. The number of rotatable bonds is 2. The molecule has 0 saturated carbocycles.